The summed E-state index contributed by atoms with van der Waals surface area (Å²) in [7, 11) is 0. The summed E-state index contributed by atoms with van der Waals surface area (Å²) in [5.74, 6) is -1.17. The third kappa shape index (κ3) is 4.66. The van der Waals surface area contributed by atoms with E-state index in [0.717, 1.165) is 11.1 Å². The van der Waals surface area contributed by atoms with Gasteiger partial charge < -0.3 is 14.4 Å². The van der Waals surface area contributed by atoms with E-state index < -0.39 is 36.2 Å². The number of ether oxygens (including phenoxy) is 2. The normalized spacial score (nSPS) is 22.5. The molecule has 2 aromatic carbocycles. The number of para-hydroxylation sites is 1. The van der Waals surface area contributed by atoms with E-state index in [0.29, 0.717) is 18.5 Å². The Morgan fingerprint density at radius 1 is 1.06 bits per heavy atom. The van der Waals surface area contributed by atoms with Gasteiger partial charge in [0, 0.05) is 12.1 Å². The van der Waals surface area contributed by atoms with Crippen LogP contribution in [0, 0.1) is 0 Å². The van der Waals surface area contributed by atoms with Gasteiger partial charge in [-0.15, -0.1) is 0 Å². The topological polar surface area (TPSA) is 93.2 Å². The lowest BCUT2D eigenvalue weighted by atomic mass is 9.96. The highest BCUT2D eigenvalue weighted by Crippen LogP contribution is 2.36. The number of rotatable bonds is 6. The van der Waals surface area contributed by atoms with Crippen LogP contribution in [0.4, 0.5) is 10.5 Å². The molecule has 3 atom stereocenters. The van der Waals surface area contributed by atoms with E-state index >= 15 is 0 Å². The molecule has 0 aliphatic carbocycles. The summed E-state index contributed by atoms with van der Waals surface area (Å²) in [6.07, 6.45) is -0.415. The molecule has 0 saturated carbocycles. The molecule has 2 amide bonds. The molecule has 2 aliphatic heterocycles. The Morgan fingerprint density at radius 2 is 1.76 bits per heavy atom. The lowest BCUT2D eigenvalue weighted by Gasteiger charge is -2.41. The van der Waals surface area contributed by atoms with Gasteiger partial charge in [-0.2, -0.15) is 0 Å². The zero-order valence-electron chi connectivity index (χ0n) is 19.3. The second kappa shape index (κ2) is 10.1. The maximum atomic E-state index is 13.7. The molecule has 34 heavy (non-hydrogen) atoms. The van der Waals surface area contributed by atoms with Crippen molar-refractivity contribution < 1.29 is 28.7 Å². The van der Waals surface area contributed by atoms with Crippen molar-refractivity contribution in [2.24, 2.45) is 0 Å². The average molecular weight is 465 g/mol. The first-order valence-electron chi connectivity index (χ1n) is 11.5. The lowest BCUT2D eigenvalue weighted by Crippen LogP contribution is -2.60. The second-order valence-electron chi connectivity index (χ2n) is 8.50. The molecule has 8 nitrogen and oxygen atoms in total. The minimum absolute atomic E-state index is 0.119. The van der Waals surface area contributed by atoms with E-state index in [1.54, 1.807) is 19.1 Å². The summed E-state index contributed by atoms with van der Waals surface area (Å²) in [5.41, 5.74) is 2.31. The molecular weight excluding hydrogens is 436 g/mol. The smallest absolute Gasteiger partial charge is 0.411 e. The van der Waals surface area contributed by atoms with E-state index in [-0.39, 0.29) is 25.4 Å². The number of ketones is 1. The summed E-state index contributed by atoms with van der Waals surface area (Å²) in [6.45, 7) is 3.14. The molecule has 1 saturated heterocycles. The quantitative estimate of drug-likeness (QED) is 0.608. The van der Waals surface area contributed by atoms with Crippen molar-refractivity contribution in [3.63, 3.8) is 0 Å². The highest BCUT2D eigenvalue weighted by atomic mass is 16.6. The zero-order chi connectivity index (χ0) is 24.2. The van der Waals surface area contributed by atoms with Crippen LogP contribution < -0.4 is 4.90 Å². The minimum Gasteiger partial charge on any atom is -0.464 e. The van der Waals surface area contributed by atoms with Crippen LogP contribution in [0.15, 0.2) is 54.6 Å². The standard InChI is InChI=1S/C26H28N2O6/c1-3-33-25(31)22-15-23(19-10-5-4-6-11-19)34-26(32)28(22)21-14-13-18-9-7-8-12-20(18)27(24(21)30)16-17(2)29/h4-12,21-23H,3,13-16H2,1-2H3/t21-,22?,23?/m0/s1. The van der Waals surface area contributed by atoms with Crippen molar-refractivity contribution in [3.8, 4) is 0 Å². The number of Topliss-reactive ketones (excluding diaryl/α,β-unsaturated/α-hetero) is 1. The number of carbonyl (C=O) groups is 4. The number of carbonyl (C=O) groups excluding carboxylic acids is 4. The molecule has 0 spiro atoms. The van der Waals surface area contributed by atoms with Gasteiger partial charge in [0.05, 0.1) is 13.2 Å². The van der Waals surface area contributed by atoms with Crippen LogP contribution in [0.25, 0.3) is 0 Å². The number of hydrogen-bond acceptors (Lipinski definition) is 6. The van der Waals surface area contributed by atoms with Crippen LogP contribution in [-0.2, 0) is 30.3 Å². The van der Waals surface area contributed by atoms with Gasteiger partial charge in [0.15, 0.2) is 0 Å². The van der Waals surface area contributed by atoms with Gasteiger partial charge >= 0.3 is 12.1 Å². The predicted molar refractivity (Wildman–Crippen MR) is 124 cm³/mol. The molecule has 178 valence electrons. The van der Waals surface area contributed by atoms with Crippen LogP contribution in [0.5, 0.6) is 0 Å². The van der Waals surface area contributed by atoms with E-state index in [4.69, 9.17) is 9.47 Å². The van der Waals surface area contributed by atoms with Gasteiger partial charge in [-0.05, 0) is 43.9 Å². The first-order chi connectivity index (χ1) is 16.4. The SMILES string of the molecule is CCOC(=O)C1CC(c2ccccc2)OC(=O)N1[C@H]1CCc2ccccc2N(CC(C)=O)C1=O. The van der Waals surface area contributed by atoms with E-state index in [9.17, 15) is 19.2 Å². The number of fused-ring (bicyclic) bond motifs is 1. The van der Waals surface area contributed by atoms with Gasteiger partial charge in [0.2, 0.25) is 5.91 Å². The molecule has 1 fully saturated rings. The second-order valence-corrected chi connectivity index (χ2v) is 8.50. The minimum atomic E-state index is -0.985. The molecule has 4 rings (SSSR count). The molecule has 8 heteroatoms. The third-order valence-corrected chi connectivity index (χ3v) is 6.19. The van der Waals surface area contributed by atoms with Crippen molar-refractivity contribution in [2.45, 2.75) is 51.3 Å². The maximum absolute atomic E-state index is 13.7. The fourth-order valence-electron chi connectivity index (χ4n) is 4.68. The summed E-state index contributed by atoms with van der Waals surface area (Å²) < 4.78 is 11.0. The number of esters is 1. The van der Waals surface area contributed by atoms with Gasteiger partial charge in [-0.25, -0.2) is 9.59 Å². The van der Waals surface area contributed by atoms with E-state index in [1.807, 2.05) is 42.5 Å². The molecule has 2 unspecified atom stereocenters. The van der Waals surface area contributed by atoms with Crippen molar-refractivity contribution in [2.75, 3.05) is 18.1 Å². The Kier molecular flexibility index (Phi) is 6.95. The van der Waals surface area contributed by atoms with E-state index in [2.05, 4.69) is 0 Å². The van der Waals surface area contributed by atoms with Gasteiger partial charge in [-0.1, -0.05) is 48.5 Å². The Balaban J connectivity index is 1.70. The molecular formula is C26H28N2O6. The predicted octanol–water partition coefficient (Wildman–Crippen LogP) is 3.44. The Bertz CT molecular complexity index is 1090. The highest BCUT2D eigenvalue weighted by Gasteiger charge is 2.48. The Labute approximate surface area is 198 Å². The van der Waals surface area contributed by atoms with E-state index in [1.165, 1.54) is 16.7 Å². The molecule has 0 bridgehead atoms. The summed E-state index contributed by atoms with van der Waals surface area (Å²) in [6, 6.07) is 14.6. The first kappa shape index (κ1) is 23.5. The molecule has 0 N–H and O–H groups in total. The van der Waals surface area contributed by atoms with Crippen LogP contribution in [0.2, 0.25) is 0 Å². The number of hydrogen-bond donors (Lipinski definition) is 0. The zero-order valence-corrected chi connectivity index (χ0v) is 19.3. The van der Waals surface area contributed by atoms with Gasteiger partial charge in [-0.3, -0.25) is 14.5 Å². The maximum Gasteiger partial charge on any atom is 0.411 e. The monoisotopic (exact) mass is 464 g/mol. The number of aryl methyl sites for hydroxylation is 1. The molecule has 2 heterocycles. The fourth-order valence-corrected chi connectivity index (χ4v) is 4.68. The molecule has 2 aromatic rings. The van der Waals surface area contributed by atoms with Crippen LogP contribution in [0.1, 0.15) is 43.9 Å². The summed E-state index contributed by atoms with van der Waals surface area (Å²) >= 11 is 0. The van der Waals surface area contributed by atoms with Crippen LogP contribution in [-0.4, -0.2) is 53.9 Å². The first-order valence-corrected chi connectivity index (χ1v) is 11.5. The number of nitrogens with zero attached hydrogens (tertiary/aromatic N) is 2. The molecule has 0 radical (unpaired) electrons. The number of benzene rings is 2. The number of cyclic esters (lactones) is 1. The van der Waals surface area contributed by atoms with Crippen LogP contribution in [0.3, 0.4) is 0 Å². The average Bonchev–Trinajstić information content (AvgIpc) is 2.96. The summed E-state index contributed by atoms with van der Waals surface area (Å²) in [5, 5.41) is 0. The third-order valence-electron chi connectivity index (χ3n) is 6.19. The molecule has 2 aliphatic rings. The largest absolute Gasteiger partial charge is 0.464 e. The fraction of sp³-hybridized carbons (Fsp3) is 0.385. The highest BCUT2D eigenvalue weighted by molar-refractivity contribution is 6.04. The molecule has 0 aromatic heterocycles. The van der Waals surface area contributed by atoms with Crippen molar-refractivity contribution in [1.29, 1.82) is 0 Å². The van der Waals surface area contributed by atoms with Crippen molar-refractivity contribution in [1.82, 2.24) is 4.90 Å². The van der Waals surface area contributed by atoms with Gasteiger partial charge in [0.1, 0.15) is 24.0 Å². The Hall–Kier alpha value is -3.68. The van der Waals surface area contributed by atoms with Gasteiger partial charge in [0.25, 0.3) is 0 Å². The van der Waals surface area contributed by atoms with Crippen LogP contribution >= 0.6 is 0 Å². The summed E-state index contributed by atoms with van der Waals surface area (Å²) in [4.78, 5) is 54.7. The lowest BCUT2D eigenvalue weighted by molar-refractivity contribution is -0.155. The van der Waals surface area contributed by atoms with Crippen molar-refractivity contribution >= 4 is 29.4 Å². The Morgan fingerprint density at radius 3 is 2.47 bits per heavy atom. The number of anilines is 1. The number of amides is 2. The van der Waals surface area contributed by atoms with Crippen molar-refractivity contribution in [3.05, 3.63) is 65.7 Å².